The lowest BCUT2D eigenvalue weighted by atomic mass is 10.3. The monoisotopic (exact) mass is 386 g/mol. The first-order chi connectivity index (χ1) is 11.8. The highest BCUT2D eigenvalue weighted by molar-refractivity contribution is 6.35. The van der Waals surface area contributed by atoms with Crippen molar-refractivity contribution in [2.45, 2.75) is 33.0 Å². The zero-order valence-electron chi connectivity index (χ0n) is 13.7. The molecule has 0 aliphatic heterocycles. The Kier molecular flexibility index (Phi) is 6.27. The lowest BCUT2D eigenvalue weighted by molar-refractivity contribution is -0.159. The van der Waals surface area contributed by atoms with Crippen LogP contribution in [0.4, 0.5) is 5.82 Å². The Morgan fingerprint density at radius 3 is 2.52 bits per heavy atom. The molecular weight excluding hydrogens is 371 g/mol. The number of rotatable bonds is 6. The van der Waals surface area contributed by atoms with Crippen molar-refractivity contribution in [2.24, 2.45) is 0 Å². The van der Waals surface area contributed by atoms with Gasteiger partial charge >= 0.3 is 5.97 Å². The summed E-state index contributed by atoms with van der Waals surface area (Å²) in [6, 6.07) is 6.15. The molecule has 0 fully saturated rings. The van der Waals surface area contributed by atoms with Gasteiger partial charge in [-0.2, -0.15) is 0 Å². The van der Waals surface area contributed by atoms with Gasteiger partial charge in [-0.15, -0.1) is 0 Å². The van der Waals surface area contributed by atoms with Gasteiger partial charge in [-0.05, 0) is 39.0 Å². The largest absolute Gasteiger partial charge is 0.477 e. The van der Waals surface area contributed by atoms with Crippen molar-refractivity contribution in [3.63, 3.8) is 0 Å². The minimum absolute atomic E-state index is 0.239. The van der Waals surface area contributed by atoms with E-state index in [-0.39, 0.29) is 16.6 Å². The lowest BCUT2D eigenvalue weighted by Gasteiger charge is -2.18. The van der Waals surface area contributed by atoms with Crippen molar-refractivity contribution >= 4 is 40.9 Å². The maximum Gasteiger partial charge on any atom is 0.347 e. The summed E-state index contributed by atoms with van der Waals surface area (Å²) >= 11 is 11.8. The van der Waals surface area contributed by atoms with E-state index < -0.39 is 24.1 Å². The molecule has 0 saturated heterocycles. The van der Waals surface area contributed by atoms with E-state index in [0.29, 0.717) is 10.8 Å². The summed E-state index contributed by atoms with van der Waals surface area (Å²) in [5, 5.41) is 6.81. The Bertz CT molecular complexity index is 778. The Morgan fingerprint density at radius 1 is 1.20 bits per heavy atom. The van der Waals surface area contributed by atoms with Gasteiger partial charge in [0, 0.05) is 11.1 Å². The number of hydrogen-bond acceptors (Lipinski definition) is 6. The van der Waals surface area contributed by atoms with Gasteiger partial charge in [0.1, 0.15) is 11.5 Å². The maximum absolute atomic E-state index is 12.1. The Morgan fingerprint density at radius 2 is 1.92 bits per heavy atom. The average Bonchev–Trinajstić information content (AvgIpc) is 2.94. The van der Waals surface area contributed by atoms with Crippen molar-refractivity contribution < 1.29 is 23.6 Å². The normalized spacial score (nSPS) is 13.0. The first kappa shape index (κ1) is 19.1. The molecule has 7 nitrogen and oxygen atoms in total. The molecule has 0 aliphatic rings. The van der Waals surface area contributed by atoms with Gasteiger partial charge in [0.15, 0.2) is 18.0 Å². The number of ether oxygens (including phenoxy) is 2. The van der Waals surface area contributed by atoms with Crippen LogP contribution in [0, 0.1) is 6.92 Å². The third kappa shape index (κ3) is 5.37. The fraction of sp³-hybridized carbons (Fsp3) is 0.312. The fourth-order valence-corrected chi connectivity index (χ4v) is 2.24. The highest BCUT2D eigenvalue weighted by Crippen LogP contribution is 2.28. The van der Waals surface area contributed by atoms with Gasteiger partial charge in [-0.3, -0.25) is 4.79 Å². The molecule has 0 spiro atoms. The molecule has 1 N–H and O–H groups in total. The van der Waals surface area contributed by atoms with Gasteiger partial charge in [-0.25, -0.2) is 4.79 Å². The molecule has 1 heterocycles. The number of nitrogens with zero attached hydrogens (tertiary/aromatic N) is 1. The van der Waals surface area contributed by atoms with Gasteiger partial charge in [0.05, 0.1) is 5.02 Å². The minimum Gasteiger partial charge on any atom is -0.477 e. The summed E-state index contributed by atoms with van der Waals surface area (Å²) in [4.78, 5) is 24.0. The molecule has 25 heavy (non-hydrogen) atoms. The zero-order valence-corrected chi connectivity index (χ0v) is 15.2. The van der Waals surface area contributed by atoms with E-state index in [2.05, 4.69) is 10.5 Å². The summed E-state index contributed by atoms with van der Waals surface area (Å²) in [5.74, 6) is -0.196. The first-order valence-corrected chi connectivity index (χ1v) is 8.08. The molecule has 0 saturated carbocycles. The van der Waals surface area contributed by atoms with Crippen molar-refractivity contribution in [2.75, 3.05) is 5.32 Å². The van der Waals surface area contributed by atoms with Crippen molar-refractivity contribution in [3.05, 3.63) is 40.1 Å². The molecule has 1 aromatic heterocycles. The highest BCUT2D eigenvalue weighted by Gasteiger charge is 2.24. The summed E-state index contributed by atoms with van der Waals surface area (Å²) in [7, 11) is 0. The molecular formula is C16H16Cl2N2O5. The molecule has 0 bridgehead atoms. The molecule has 0 radical (unpaired) electrons. The SMILES string of the molecule is Cc1cc(NC(=O)[C@H](C)OC(=O)[C@H](C)Oc2ccc(Cl)cc2Cl)no1. The Hall–Kier alpha value is -2.25. The molecule has 134 valence electrons. The van der Waals surface area contributed by atoms with Crippen LogP contribution in [0.5, 0.6) is 5.75 Å². The summed E-state index contributed by atoms with van der Waals surface area (Å²) in [5.41, 5.74) is 0. The van der Waals surface area contributed by atoms with Crippen molar-refractivity contribution in [1.82, 2.24) is 5.16 Å². The van der Waals surface area contributed by atoms with E-state index in [1.54, 1.807) is 19.1 Å². The number of aromatic nitrogens is 1. The van der Waals surface area contributed by atoms with Crippen LogP contribution >= 0.6 is 23.2 Å². The van der Waals surface area contributed by atoms with Crippen LogP contribution in [0.3, 0.4) is 0 Å². The second-order valence-electron chi connectivity index (χ2n) is 5.23. The number of carbonyl (C=O) groups excluding carboxylic acids is 2. The van der Waals surface area contributed by atoms with E-state index in [9.17, 15) is 9.59 Å². The van der Waals surface area contributed by atoms with Gasteiger partial charge in [0.25, 0.3) is 5.91 Å². The van der Waals surface area contributed by atoms with Crippen LogP contribution in [0.1, 0.15) is 19.6 Å². The Balaban J connectivity index is 1.89. The summed E-state index contributed by atoms with van der Waals surface area (Å²) < 4.78 is 15.4. The molecule has 2 aromatic rings. The van der Waals surface area contributed by atoms with Crippen LogP contribution in [-0.4, -0.2) is 29.2 Å². The second-order valence-corrected chi connectivity index (χ2v) is 6.07. The summed E-state index contributed by atoms with van der Waals surface area (Å²) in [6.07, 6.45) is -2.01. The Labute approximate surface area is 154 Å². The van der Waals surface area contributed by atoms with Crippen LogP contribution in [0.25, 0.3) is 0 Å². The molecule has 2 rings (SSSR count). The number of aryl methyl sites for hydroxylation is 1. The van der Waals surface area contributed by atoms with Gasteiger partial charge in [0.2, 0.25) is 0 Å². The lowest BCUT2D eigenvalue weighted by Crippen LogP contribution is -2.35. The molecule has 9 heteroatoms. The van der Waals surface area contributed by atoms with Crippen LogP contribution in [0.2, 0.25) is 10.0 Å². The van der Waals surface area contributed by atoms with Crippen molar-refractivity contribution in [1.29, 1.82) is 0 Å². The predicted molar refractivity (Wildman–Crippen MR) is 92.0 cm³/mol. The molecule has 2 atom stereocenters. The van der Waals surface area contributed by atoms with E-state index in [1.807, 2.05) is 0 Å². The molecule has 1 amide bonds. The number of nitrogens with one attached hydrogen (secondary N) is 1. The third-order valence-corrected chi connectivity index (χ3v) is 3.60. The predicted octanol–water partition coefficient (Wildman–Crippen LogP) is 3.63. The maximum atomic E-state index is 12.1. The third-order valence-electron chi connectivity index (χ3n) is 3.07. The number of carbonyl (C=O) groups is 2. The number of esters is 1. The summed E-state index contributed by atoms with van der Waals surface area (Å²) in [6.45, 7) is 4.61. The van der Waals surface area contributed by atoms with Gasteiger partial charge < -0.3 is 19.3 Å². The zero-order chi connectivity index (χ0) is 18.6. The minimum atomic E-state index is -1.05. The number of benzene rings is 1. The molecule has 0 unspecified atom stereocenters. The second kappa shape index (κ2) is 8.22. The van der Waals surface area contributed by atoms with E-state index in [0.717, 1.165) is 0 Å². The van der Waals surface area contributed by atoms with Gasteiger partial charge in [-0.1, -0.05) is 28.4 Å². The van der Waals surface area contributed by atoms with Crippen LogP contribution < -0.4 is 10.1 Å². The smallest absolute Gasteiger partial charge is 0.347 e. The fourth-order valence-electron chi connectivity index (χ4n) is 1.79. The number of anilines is 1. The standard InChI is InChI=1S/C16H16Cl2N2O5/c1-8-6-14(20-25-8)19-15(21)9(2)24-16(22)10(3)23-13-5-4-11(17)7-12(13)18/h4-7,9-10H,1-3H3,(H,19,20,21)/t9-,10-/m0/s1. The average molecular weight is 387 g/mol. The van der Waals surface area contributed by atoms with E-state index in [1.165, 1.54) is 26.0 Å². The molecule has 1 aromatic carbocycles. The number of halogens is 2. The number of amides is 1. The quantitative estimate of drug-likeness (QED) is 0.762. The topological polar surface area (TPSA) is 90.7 Å². The molecule has 0 aliphatic carbocycles. The van der Waals surface area contributed by atoms with Crippen LogP contribution in [-0.2, 0) is 14.3 Å². The van der Waals surface area contributed by atoms with E-state index >= 15 is 0 Å². The van der Waals surface area contributed by atoms with Crippen LogP contribution in [0.15, 0.2) is 28.8 Å². The number of hydrogen-bond donors (Lipinski definition) is 1. The van der Waals surface area contributed by atoms with E-state index in [4.69, 9.17) is 37.2 Å². The van der Waals surface area contributed by atoms with Crippen molar-refractivity contribution in [3.8, 4) is 5.75 Å². The first-order valence-electron chi connectivity index (χ1n) is 7.32. The highest BCUT2D eigenvalue weighted by atomic mass is 35.5.